The van der Waals surface area contributed by atoms with Gasteiger partial charge in [-0.15, -0.1) is 0 Å². The van der Waals surface area contributed by atoms with E-state index in [1.807, 2.05) is 24.3 Å². The predicted molar refractivity (Wildman–Crippen MR) is 97.1 cm³/mol. The van der Waals surface area contributed by atoms with E-state index >= 15 is 0 Å². The van der Waals surface area contributed by atoms with Crippen LogP contribution in [0.1, 0.15) is 27.0 Å². The molecule has 0 aromatic heterocycles. The van der Waals surface area contributed by atoms with Crippen molar-refractivity contribution in [2.45, 2.75) is 6.61 Å². The standard InChI is InChI=1S/C20H20O6/c1-22-13-7-12(8-14(9-13)23-2)5-6-15-16-11-26-20(21)19(16)18(25-4)10-17(15)24-3/h5-10H,11H2,1-4H3/b6-5+. The summed E-state index contributed by atoms with van der Waals surface area (Å²) in [5.41, 5.74) is 2.85. The number of carbonyl (C=O) groups is 1. The van der Waals surface area contributed by atoms with Crippen LogP contribution < -0.4 is 18.9 Å². The van der Waals surface area contributed by atoms with Crippen molar-refractivity contribution in [2.24, 2.45) is 0 Å². The van der Waals surface area contributed by atoms with E-state index in [-0.39, 0.29) is 6.61 Å². The molecule has 0 aliphatic carbocycles. The Morgan fingerprint density at radius 3 is 2.08 bits per heavy atom. The average Bonchev–Trinajstić information content (AvgIpc) is 3.07. The summed E-state index contributed by atoms with van der Waals surface area (Å²) in [7, 11) is 6.29. The van der Waals surface area contributed by atoms with E-state index in [4.69, 9.17) is 23.7 Å². The van der Waals surface area contributed by atoms with Crippen molar-refractivity contribution < 1.29 is 28.5 Å². The lowest BCUT2D eigenvalue weighted by Gasteiger charge is -2.12. The van der Waals surface area contributed by atoms with Crippen molar-refractivity contribution in [2.75, 3.05) is 28.4 Å². The van der Waals surface area contributed by atoms with E-state index in [2.05, 4.69) is 0 Å². The van der Waals surface area contributed by atoms with E-state index in [9.17, 15) is 4.79 Å². The molecular weight excluding hydrogens is 336 g/mol. The molecule has 1 heterocycles. The van der Waals surface area contributed by atoms with Gasteiger partial charge in [-0.1, -0.05) is 12.2 Å². The lowest BCUT2D eigenvalue weighted by atomic mass is 9.99. The van der Waals surface area contributed by atoms with E-state index in [0.717, 1.165) is 16.7 Å². The van der Waals surface area contributed by atoms with Gasteiger partial charge < -0.3 is 23.7 Å². The fraction of sp³-hybridized carbons (Fsp3) is 0.250. The van der Waals surface area contributed by atoms with Crippen LogP contribution in [0.25, 0.3) is 12.2 Å². The van der Waals surface area contributed by atoms with Crippen molar-refractivity contribution in [3.05, 3.63) is 46.5 Å². The summed E-state index contributed by atoms with van der Waals surface area (Å²) < 4.78 is 26.6. The zero-order valence-corrected chi connectivity index (χ0v) is 15.1. The molecule has 0 unspecified atom stereocenters. The maximum atomic E-state index is 12.0. The zero-order chi connectivity index (χ0) is 18.7. The molecule has 2 aromatic rings. The van der Waals surface area contributed by atoms with Crippen LogP contribution in [0.5, 0.6) is 23.0 Å². The van der Waals surface area contributed by atoms with Crippen molar-refractivity contribution in [1.82, 2.24) is 0 Å². The molecular formula is C20H20O6. The molecule has 0 fully saturated rings. The van der Waals surface area contributed by atoms with Gasteiger partial charge in [0.2, 0.25) is 0 Å². The number of hydrogen-bond acceptors (Lipinski definition) is 6. The predicted octanol–water partition coefficient (Wildman–Crippen LogP) is 3.56. The second-order valence-corrected chi connectivity index (χ2v) is 5.60. The summed E-state index contributed by atoms with van der Waals surface area (Å²) in [5.74, 6) is 2.03. The first kappa shape index (κ1) is 17.7. The largest absolute Gasteiger partial charge is 0.497 e. The highest BCUT2D eigenvalue weighted by atomic mass is 16.5. The fourth-order valence-electron chi connectivity index (χ4n) is 2.90. The van der Waals surface area contributed by atoms with E-state index in [0.29, 0.717) is 28.6 Å². The smallest absolute Gasteiger partial charge is 0.342 e. The second-order valence-electron chi connectivity index (χ2n) is 5.60. The van der Waals surface area contributed by atoms with Crippen LogP contribution in [-0.2, 0) is 11.3 Å². The van der Waals surface area contributed by atoms with Crippen LogP contribution in [0, 0.1) is 0 Å². The SMILES string of the molecule is COc1cc(/C=C/c2c(OC)cc(OC)c3c2COC3=O)cc(OC)c1. The third kappa shape index (κ3) is 3.18. The molecule has 0 atom stereocenters. The third-order valence-corrected chi connectivity index (χ3v) is 4.21. The number of ether oxygens (including phenoxy) is 5. The lowest BCUT2D eigenvalue weighted by molar-refractivity contribution is 0.0533. The van der Waals surface area contributed by atoms with Crippen LogP contribution in [0.15, 0.2) is 24.3 Å². The first-order chi connectivity index (χ1) is 12.6. The van der Waals surface area contributed by atoms with E-state index < -0.39 is 5.97 Å². The van der Waals surface area contributed by atoms with Gasteiger partial charge in [0.15, 0.2) is 0 Å². The Kier molecular flexibility index (Phi) is 5.02. The Morgan fingerprint density at radius 1 is 0.846 bits per heavy atom. The quantitative estimate of drug-likeness (QED) is 0.582. The van der Waals surface area contributed by atoms with Crippen LogP contribution in [-0.4, -0.2) is 34.4 Å². The summed E-state index contributed by atoms with van der Waals surface area (Å²) in [6, 6.07) is 7.26. The number of esters is 1. The first-order valence-electron chi connectivity index (χ1n) is 7.97. The molecule has 0 saturated heterocycles. The Hall–Kier alpha value is -3.15. The molecule has 0 spiro atoms. The molecule has 3 rings (SSSR count). The number of methoxy groups -OCH3 is 4. The van der Waals surface area contributed by atoms with Crippen LogP contribution in [0.4, 0.5) is 0 Å². The minimum absolute atomic E-state index is 0.183. The molecule has 1 aliphatic heterocycles. The number of carbonyl (C=O) groups excluding carboxylic acids is 1. The van der Waals surface area contributed by atoms with Gasteiger partial charge in [-0.05, 0) is 17.7 Å². The highest BCUT2D eigenvalue weighted by Gasteiger charge is 2.30. The first-order valence-corrected chi connectivity index (χ1v) is 7.97. The molecule has 26 heavy (non-hydrogen) atoms. The molecule has 0 bridgehead atoms. The number of rotatable bonds is 6. The third-order valence-electron chi connectivity index (χ3n) is 4.21. The number of hydrogen-bond donors (Lipinski definition) is 0. The highest BCUT2D eigenvalue weighted by Crippen LogP contribution is 2.39. The Balaban J connectivity index is 2.08. The molecule has 0 saturated carbocycles. The Labute approximate surface area is 151 Å². The number of fused-ring (bicyclic) bond motifs is 1. The van der Waals surface area contributed by atoms with Gasteiger partial charge in [-0.3, -0.25) is 0 Å². The summed E-state index contributed by atoms with van der Waals surface area (Å²) in [4.78, 5) is 12.0. The van der Waals surface area contributed by atoms with Gasteiger partial charge >= 0.3 is 5.97 Å². The summed E-state index contributed by atoms with van der Waals surface area (Å²) >= 11 is 0. The maximum absolute atomic E-state index is 12.0. The van der Waals surface area contributed by atoms with Gasteiger partial charge in [0, 0.05) is 23.3 Å². The summed E-state index contributed by atoms with van der Waals surface area (Å²) in [6.07, 6.45) is 3.78. The van der Waals surface area contributed by atoms with Crippen molar-refractivity contribution in [3.63, 3.8) is 0 Å². The van der Waals surface area contributed by atoms with Gasteiger partial charge in [-0.25, -0.2) is 4.79 Å². The molecule has 2 aromatic carbocycles. The molecule has 0 radical (unpaired) electrons. The van der Waals surface area contributed by atoms with Gasteiger partial charge in [0.05, 0.1) is 28.4 Å². The normalized spacial score (nSPS) is 12.7. The molecule has 136 valence electrons. The van der Waals surface area contributed by atoms with Crippen LogP contribution in [0.3, 0.4) is 0 Å². The molecule has 6 heteroatoms. The zero-order valence-electron chi connectivity index (χ0n) is 15.1. The highest BCUT2D eigenvalue weighted by molar-refractivity contribution is 5.99. The second kappa shape index (κ2) is 7.39. The molecule has 1 aliphatic rings. The monoisotopic (exact) mass is 356 g/mol. The Morgan fingerprint density at radius 2 is 1.50 bits per heavy atom. The molecule has 6 nitrogen and oxygen atoms in total. The van der Waals surface area contributed by atoms with Crippen molar-refractivity contribution in [1.29, 1.82) is 0 Å². The minimum atomic E-state index is -0.391. The molecule has 0 N–H and O–H groups in total. The fourth-order valence-corrected chi connectivity index (χ4v) is 2.90. The van der Waals surface area contributed by atoms with Gasteiger partial charge in [0.25, 0.3) is 0 Å². The van der Waals surface area contributed by atoms with Crippen molar-refractivity contribution >= 4 is 18.1 Å². The van der Waals surface area contributed by atoms with Gasteiger partial charge in [-0.2, -0.15) is 0 Å². The lowest BCUT2D eigenvalue weighted by Crippen LogP contribution is -2.01. The average molecular weight is 356 g/mol. The van der Waals surface area contributed by atoms with Gasteiger partial charge in [0.1, 0.15) is 35.2 Å². The van der Waals surface area contributed by atoms with Crippen LogP contribution >= 0.6 is 0 Å². The number of cyclic esters (lactones) is 1. The van der Waals surface area contributed by atoms with Crippen LogP contribution in [0.2, 0.25) is 0 Å². The van der Waals surface area contributed by atoms with E-state index in [1.54, 1.807) is 33.5 Å². The van der Waals surface area contributed by atoms with E-state index in [1.165, 1.54) is 7.11 Å². The number of benzene rings is 2. The summed E-state index contributed by atoms with van der Waals surface area (Å²) in [6.45, 7) is 0.183. The summed E-state index contributed by atoms with van der Waals surface area (Å²) in [5, 5.41) is 0. The molecule has 0 amide bonds. The minimum Gasteiger partial charge on any atom is -0.497 e. The topological polar surface area (TPSA) is 63.2 Å². The van der Waals surface area contributed by atoms with Crippen molar-refractivity contribution in [3.8, 4) is 23.0 Å². The maximum Gasteiger partial charge on any atom is 0.342 e. The Bertz CT molecular complexity index is 847.